The van der Waals surface area contributed by atoms with Crippen LogP contribution >= 0.6 is 11.6 Å². The molecule has 0 aromatic heterocycles. The van der Waals surface area contributed by atoms with Crippen molar-refractivity contribution in [3.05, 3.63) is 58.9 Å². The van der Waals surface area contributed by atoms with Crippen LogP contribution in [0, 0.1) is 5.82 Å². The number of hydrogen-bond acceptors (Lipinski definition) is 5. The molecule has 0 saturated heterocycles. The molecule has 0 aliphatic carbocycles. The molecule has 0 heterocycles. The molecule has 192 valence electrons. The van der Waals surface area contributed by atoms with Gasteiger partial charge in [-0.2, -0.15) is 0 Å². The van der Waals surface area contributed by atoms with E-state index in [1.807, 2.05) is 13.8 Å². The molecule has 11 heteroatoms. The molecule has 2 aromatic rings. The minimum atomic E-state index is -3.94. The number of carbonyl (C=O) groups excluding carboxylic acids is 2. The van der Waals surface area contributed by atoms with Gasteiger partial charge in [0.1, 0.15) is 24.2 Å². The Hall–Kier alpha value is -2.85. The van der Waals surface area contributed by atoms with Crippen molar-refractivity contribution in [3.8, 4) is 5.75 Å². The normalized spacial score (nSPS) is 13.0. The average molecular weight is 528 g/mol. The Labute approximate surface area is 211 Å². The highest BCUT2D eigenvalue weighted by molar-refractivity contribution is 7.92. The number of nitrogens with one attached hydrogen (secondary N) is 1. The van der Waals surface area contributed by atoms with Gasteiger partial charge < -0.3 is 15.0 Å². The molecule has 0 saturated carbocycles. The van der Waals surface area contributed by atoms with Crippen LogP contribution in [0.3, 0.4) is 0 Å². The maximum atomic E-state index is 13.6. The van der Waals surface area contributed by atoms with Gasteiger partial charge in [-0.15, -0.1) is 0 Å². The molecule has 2 amide bonds. The quantitative estimate of drug-likeness (QED) is 0.482. The van der Waals surface area contributed by atoms with Gasteiger partial charge in [-0.05, 0) is 56.2 Å². The number of rotatable bonds is 11. The van der Waals surface area contributed by atoms with E-state index in [2.05, 4.69) is 5.32 Å². The number of hydrogen-bond donors (Lipinski definition) is 1. The zero-order chi connectivity index (χ0) is 26.3. The molecular weight excluding hydrogens is 497 g/mol. The van der Waals surface area contributed by atoms with Crippen LogP contribution < -0.4 is 14.4 Å². The Morgan fingerprint density at radius 3 is 2.29 bits per heavy atom. The zero-order valence-corrected chi connectivity index (χ0v) is 22.0. The molecule has 35 heavy (non-hydrogen) atoms. The van der Waals surface area contributed by atoms with E-state index >= 15 is 0 Å². The first-order chi connectivity index (χ1) is 16.4. The number of sulfonamides is 1. The van der Waals surface area contributed by atoms with Gasteiger partial charge in [0.2, 0.25) is 21.8 Å². The van der Waals surface area contributed by atoms with Crippen molar-refractivity contribution in [3.63, 3.8) is 0 Å². The predicted octanol–water partition coefficient (Wildman–Crippen LogP) is 3.59. The third kappa shape index (κ3) is 7.83. The molecule has 1 N–H and O–H groups in total. The van der Waals surface area contributed by atoms with Crippen molar-refractivity contribution in [1.29, 1.82) is 0 Å². The largest absolute Gasteiger partial charge is 0.497 e. The third-order valence-electron chi connectivity index (χ3n) is 5.55. The second kappa shape index (κ2) is 12.2. The standard InChI is InChI=1S/C24H31ClFN3O5S/c1-6-16(2)27-24(31)17(3)28(14-18-7-10-20(34-4)11-8-18)23(30)15-29(35(5,32)33)19-9-12-22(26)21(25)13-19/h7-13,16-17H,6,14-15H2,1-5H3,(H,27,31)/t16-,17-/m0/s1. The summed E-state index contributed by atoms with van der Waals surface area (Å²) in [5.41, 5.74) is 0.756. The van der Waals surface area contributed by atoms with Crippen molar-refractivity contribution in [2.45, 2.75) is 45.8 Å². The van der Waals surface area contributed by atoms with E-state index in [9.17, 15) is 22.4 Å². The molecule has 2 aromatic carbocycles. The first-order valence-corrected chi connectivity index (χ1v) is 13.3. The summed E-state index contributed by atoms with van der Waals surface area (Å²) in [5.74, 6) is -1.06. The lowest BCUT2D eigenvalue weighted by atomic mass is 10.1. The number of methoxy groups -OCH3 is 1. The zero-order valence-electron chi connectivity index (χ0n) is 20.4. The summed E-state index contributed by atoms with van der Waals surface area (Å²) in [7, 11) is -2.40. The predicted molar refractivity (Wildman–Crippen MR) is 135 cm³/mol. The van der Waals surface area contributed by atoms with E-state index < -0.39 is 34.3 Å². The molecule has 0 aliphatic rings. The fourth-order valence-electron chi connectivity index (χ4n) is 3.23. The minimum absolute atomic E-state index is 0.0355. The van der Waals surface area contributed by atoms with Gasteiger partial charge in [0.05, 0.1) is 24.1 Å². The van der Waals surface area contributed by atoms with Gasteiger partial charge in [0.25, 0.3) is 0 Å². The van der Waals surface area contributed by atoms with Crippen LogP contribution in [0.25, 0.3) is 0 Å². The van der Waals surface area contributed by atoms with E-state index in [1.165, 1.54) is 18.1 Å². The fraction of sp³-hybridized carbons (Fsp3) is 0.417. The number of carbonyl (C=O) groups is 2. The average Bonchev–Trinajstić information content (AvgIpc) is 2.81. The number of halogens is 2. The van der Waals surface area contributed by atoms with Gasteiger partial charge >= 0.3 is 0 Å². The van der Waals surface area contributed by atoms with E-state index in [4.69, 9.17) is 16.3 Å². The summed E-state index contributed by atoms with van der Waals surface area (Å²) in [6.45, 7) is 4.81. The highest BCUT2D eigenvalue weighted by atomic mass is 35.5. The van der Waals surface area contributed by atoms with Gasteiger partial charge in [-0.3, -0.25) is 13.9 Å². The van der Waals surface area contributed by atoms with E-state index in [0.29, 0.717) is 12.2 Å². The summed E-state index contributed by atoms with van der Waals surface area (Å²) < 4.78 is 44.7. The lowest BCUT2D eigenvalue weighted by molar-refractivity contribution is -0.139. The topological polar surface area (TPSA) is 96.0 Å². The molecule has 2 rings (SSSR count). The molecule has 0 bridgehead atoms. The summed E-state index contributed by atoms with van der Waals surface area (Å²) in [5, 5.41) is 2.58. The Kier molecular flexibility index (Phi) is 9.91. The number of benzene rings is 2. The summed E-state index contributed by atoms with van der Waals surface area (Å²) in [6.07, 6.45) is 1.64. The SMILES string of the molecule is CC[C@H](C)NC(=O)[C@H](C)N(Cc1ccc(OC)cc1)C(=O)CN(c1ccc(F)c(Cl)c1)S(C)(=O)=O. The molecule has 0 fully saturated rings. The van der Waals surface area contributed by atoms with Gasteiger partial charge in [-0.1, -0.05) is 30.7 Å². The summed E-state index contributed by atoms with van der Waals surface area (Å²) >= 11 is 5.84. The lowest BCUT2D eigenvalue weighted by Crippen LogP contribution is -2.52. The molecule has 0 radical (unpaired) electrons. The first kappa shape index (κ1) is 28.4. The molecule has 0 aliphatic heterocycles. The molecular formula is C24H31ClFN3O5S. The van der Waals surface area contributed by atoms with E-state index in [0.717, 1.165) is 28.3 Å². The van der Waals surface area contributed by atoms with Crippen LogP contribution in [0.1, 0.15) is 32.8 Å². The van der Waals surface area contributed by atoms with Crippen LogP contribution in [0.5, 0.6) is 5.75 Å². The maximum absolute atomic E-state index is 13.6. The molecule has 8 nitrogen and oxygen atoms in total. The van der Waals surface area contributed by atoms with Crippen LogP contribution in [0.15, 0.2) is 42.5 Å². The van der Waals surface area contributed by atoms with Crippen molar-refractivity contribution in [1.82, 2.24) is 10.2 Å². The van der Waals surface area contributed by atoms with Crippen molar-refractivity contribution in [2.24, 2.45) is 0 Å². The molecule has 2 atom stereocenters. The van der Waals surface area contributed by atoms with Gasteiger partial charge in [0, 0.05) is 12.6 Å². The Bertz CT molecular complexity index is 1140. The number of anilines is 1. The smallest absolute Gasteiger partial charge is 0.244 e. The van der Waals surface area contributed by atoms with Crippen LogP contribution in [0.4, 0.5) is 10.1 Å². The van der Waals surface area contributed by atoms with Crippen molar-refractivity contribution < 1.29 is 27.1 Å². The summed E-state index contributed by atoms with van der Waals surface area (Å²) in [6, 6.07) is 9.36. The van der Waals surface area contributed by atoms with Gasteiger partial charge in [-0.25, -0.2) is 12.8 Å². The maximum Gasteiger partial charge on any atom is 0.244 e. The Balaban J connectivity index is 2.40. The van der Waals surface area contributed by atoms with Crippen LogP contribution in [-0.2, 0) is 26.2 Å². The second-order valence-electron chi connectivity index (χ2n) is 8.23. The molecule has 0 unspecified atom stereocenters. The highest BCUT2D eigenvalue weighted by Crippen LogP contribution is 2.25. The number of amides is 2. The molecule has 0 spiro atoms. The lowest BCUT2D eigenvalue weighted by Gasteiger charge is -2.32. The van der Waals surface area contributed by atoms with Gasteiger partial charge in [0.15, 0.2) is 0 Å². The Morgan fingerprint density at radius 2 is 1.77 bits per heavy atom. The van der Waals surface area contributed by atoms with Crippen LogP contribution in [-0.4, -0.2) is 57.1 Å². The van der Waals surface area contributed by atoms with Crippen LogP contribution in [0.2, 0.25) is 5.02 Å². The highest BCUT2D eigenvalue weighted by Gasteiger charge is 2.30. The fourth-order valence-corrected chi connectivity index (χ4v) is 4.25. The van der Waals surface area contributed by atoms with Crippen molar-refractivity contribution in [2.75, 3.05) is 24.2 Å². The third-order valence-corrected chi connectivity index (χ3v) is 6.98. The van der Waals surface area contributed by atoms with Crippen molar-refractivity contribution >= 4 is 39.1 Å². The number of ether oxygens (including phenoxy) is 1. The minimum Gasteiger partial charge on any atom is -0.497 e. The number of nitrogens with zero attached hydrogens (tertiary/aromatic N) is 2. The Morgan fingerprint density at radius 1 is 1.14 bits per heavy atom. The first-order valence-electron chi connectivity index (χ1n) is 11.0. The summed E-state index contributed by atoms with van der Waals surface area (Å²) in [4.78, 5) is 27.6. The van der Waals surface area contributed by atoms with E-state index in [1.54, 1.807) is 31.2 Å². The second-order valence-corrected chi connectivity index (χ2v) is 10.5. The monoisotopic (exact) mass is 527 g/mol. The van der Waals surface area contributed by atoms with E-state index in [-0.39, 0.29) is 29.2 Å².